The number of benzene rings is 3. The Hall–Kier alpha value is -2.43. The van der Waals surface area contributed by atoms with Gasteiger partial charge in [0.2, 0.25) is 0 Å². The highest BCUT2D eigenvalue weighted by Crippen LogP contribution is 2.35. The van der Waals surface area contributed by atoms with Crippen LogP contribution in [-0.2, 0) is 0 Å². The maximum Gasteiger partial charge on any atom is 0.323 e. The minimum absolute atomic E-state index is 0.0995. The standard InChI is InChI=1S/C18H14Cl2N2O2/c1-10-7-16(20)14-6-5-13(23)9-15(14)17(10)22-18(24)21-12-4-2-3-11(19)8-12/h2-9,23H,1H3,(H2,21,22,24). The first-order chi connectivity index (χ1) is 11.4. The second kappa shape index (κ2) is 6.59. The summed E-state index contributed by atoms with van der Waals surface area (Å²) in [6.45, 7) is 1.84. The van der Waals surface area contributed by atoms with Gasteiger partial charge in [-0.3, -0.25) is 0 Å². The summed E-state index contributed by atoms with van der Waals surface area (Å²) < 4.78 is 0. The minimum atomic E-state index is -0.410. The topological polar surface area (TPSA) is 61.4 Å². The number of anilines is 2. The average Bonchev–Trinajstić information content (AvgIpc) is 2.51. The molecule has 0 radical (unpaired) electrons. The molecule has 4 nitrogen and oxygen atoms in total. The Bertz CT molecular complexity index is 942. The molecule has 3 aromatic carbocycles. The van der Waals surface area contributed by atoms with Gasteiger partial charge in [-0.15, -0.1) is 0 Å². The molecular weight excluding hydrogens is 347 g/mol. The fourth-order valence-electron chi connectivity index (χ4n) is 2.51. The van der Waals surface area contributed by atoms with Crippen molar-refractivity contribution in [3.63, 3.8) is 0 Å². The van der Waals surface area contributed by atoms with E-state index in [1.165, 1.54) is 0 Å². The van der Waals surface area contributed by atoms with Crippen molar-refractivity contribution in [2.75, 3.05) is 10.6 Å². The summed E-state index contributed by atoms with van der Waals surface area (Å²) in [6.07, 6.45) is 0. The molecule has 0 aromatic heterocycles. The molecule has 6 heteroatoms. The van der Waals surface area contributed by atoms with Crippen LogP contribution >= 0.6 is 23.2 Å². The van der Waals surface area contributed by atoms with Crippen LogP contribution in [0.4, 0.5) is 16.2 Å². The molecule has 0 saturated heterocycles. The third-order valence-electron chi connectivity index (χ3n) is 3.59. The van der Waals surface area contributed by atoms with Crippen molar-refractivity contribution < 1.29 is 9.90 Å². The summed E-state index contributed by atoms with van der Waals surface area (Å²) in [7, 11) is 0. The van der Waals surface area contributed by atoms with E-state index in [0.29, 0.717) is 26.8 Å². The molecule has 24 heavy (non-hydrogen) atoms. The molecular formula is C18H14Cl2N2O2. The maximum absolute atomic E-state index is 12.3. The highest BCUT2D eigenvalue weighted by molar-refractivity contribution is 6.36. The van der Waals surface area contributed by atoms with Crippen LogP contribution in [0.2, 0.25) is 10.0 Å². The lowest BCUT2D eigenvalue weighted by atomic mass is 10.0. The van der Waals surface area contributed by atoms with Crippen molar-refractivity contribution in [2.45, 2.75) is 6.92 Å². The van der Waals surface area contributed by atoms with E-state index in [2.05, 4.69) is 10.6 Å². The zero-order valence-electron chi connectivity index (χ0n) is 12.7. The van der Waals surface area contributed by atoms with Gasteiger partial charge in [-0.2, -0.15) is 0 Å². The Morgan fingerprint density at radius 2 is 1.79 bits per heavy atom. The van der Waals surface area contributed by atoms with Gasteiger partial charge in [0.1, 0.15) is 5.75 Å². The molecule has 0 unspecified atom stereocenters. The number of phenols is 1. The zero-order valence-corrected chi connectivity index (χ0v) is 14.2. The average molecular weight is 361 g/mol. The van der Waals surface area contributed by atoms with Crippen LogP contribution in [0.15, 0.2) is 48.5 Å². The highest BCUT2D eigenvalue weighted by Gasteiger charge is 2.12. The molecule has 0 spiro atoms. The lowest BCUT2D eigenvalue weighted by Crippen LogP contribution is -2.20. The quantitative estimate of drug-likeness (QED) is 0.540. The van der Waals surface area contributed by atoms with E-state index in [-0.39, 0.29) is 5.75 Å². The number of rotatable bonds is 2. The number of carbonyl (C=O) groups excluding carboxylic acids is 1. The van der Waals surface area contributed by atoms with Gasteiger partial charge in [0.15, 0.2) is 0 Å². The number of aromatic hydroxyl groups is 1. The van der Waals surface area contributed by atoms with Gasteiger partial charge < -0.3 is 15.7 Å². The Kier molecular flexibility index (Phi) is 4.51. The van der Waals surface area contributed by atoms with Gasteiger partial charge in [-0.25, -0.2) is 4.79 Å². The number of urea groups is 1. The molecule has 2 amide bonds. The number of nitrogens with one attached hydrogen (secondary N) is 2. The number of fused-ring (bicyclic) bond motifs is 1. The second-order valence-electron chi connectivity index (χ2n) is 5.37. The molecule has 122 valence electrons. The molecule has 0 aliphatic rings. The normalized spacial score (nSPS) is 10.6. The molecule has 0 fully saturated rings. The minimum Gasteiger partial charge on any atom is -0.508 e. The number of carbonyl (C=O) groups is 1. The van der Waals surface area contributed by atoms with E-state index in [0.717, 1.165) is 10.9 Å². The van der Waals surface area contributed by atoms with Gasteiger partial charge in [0, 0.05) is 26.5 Å². The van der Waals surface area contributed by atoms with E-state index in [4.69, 9.17) is 23.2 Å². The molecule has 3 rings (SSSR count). The number of amides is 2. The first-order valence-corrected chi connectivity index (χ1v) is 7.95. The Labute approximate surface area is 149 Å². The van der Waals surface area contributed by atoms with E-state index in [1.807, 2.05) is 6.92 Å². The predicted octanol–water partition coefficient (Wildman–Crippen LogP) is 5.80. The van der Waals surface area contributed by atoms with Crippen molar-refractivity contribution in [2.24, 2.45) is 0 Å². The molecule has 0 saturated carbocycles. The first kappa shape index (κ1) is 16.4. The molecule has 3 N–H and O–H groups in total. The zero-order chi connectivity index (χ0) is 17.3. The van der Waals surface area contributed by atoms with Crippen LogP contribution in [0.25, 0.3) is 10.8 Å². The largest absolute Gasteiger partial charge is 0.508 e. The maximum atomic E-state index is 12.3. The van der Waals surface area contributed by atoms with Crippen LogP contribution in [0, 0.1) is 6.92 Å². The van der Waals surface area contributed by atoms with E-state index in [1.54, 1.807) is 48.5 Å². The molecule has 0 aliphatic heterocycles. The third kappa shape index (κ3) is 3.40. The Balaban J connectivity index is 1.94. The lowest BCUT2D eigenvalue weighted by molar-refractivity contribution is 0.262. The van der Waals surface area contributed by atoms with Crippen LogP contribution < -0.4 is 10.6 Å². The molecule has 0 bridgehead atoms. The summed E-state index contributed by atoms with van der Waals surface area (Å²) in [5, 5.41) is 17.8. The van der Waals surface area contributed by atoms with E-state index < -0.39 is 6.03 Å². The van der Waals surface area contributed by atoms with Crippen molar-refractivity contribution >= 4 is 51.4 Å². The van der Waals surface area contributed by atoms with Gasteiger partial charge in [0.25, 0.3) is 0 Å². The number of hydrogen-bond donors (Lipinski definition) is 3. The molecule has 0 heterocycles. The first-order valence-electron chi connectivity index (χ1n) is 7.19. The lowest BCUT2D eigenvalue weighted by Gasteiger charge is -2.14. The molecule has 0 aliphatic carbocycles. The van der Waals surface area contributed by atoms with Crippen LogP contribution in [-0.4, -0.2) is 11.1 Å². The van der Waals surface area contributed by atoms with Gasteiger partial charge in [-0.05, 0) is 55.0 Å². The van der Waals surface area contributed by atoms with Crippen molar-refractivity contribution in [1.29, 1.82) is 0 Å². The van der Waals surface area contributed by atoms with Gasteiger partial charge in [-0.1, -0.05) is 29.3 Å². The second-order valence-corrected chi connectivity index (χ2v) is 6.21. The smallest absolute Gasteiger partial charge is 0.323 e. The Morgan fingerprint density at radius 1 is 1.00 bits per heavy atom. The van der Waals surface area contributed by atoms with Crippen molar-refractivity contribution in [3.05, 3.63) is 64.1 Å². The summed E-state index contributed by atoms with van der Waals surface area (Å²) in [4.78, 5) is 12.3. The van der Waals surface area contributed by atoms with Gasteiger partial charge >= 0.3 is 6.03 Å². The highest BCUT2D eigenvalue weighted by atomic mass is 35.5. The van der Waals surface area contributed by atoms with Crippen molar-refractivity contribution in [1.82, 2.24) is 0 Å². The molecule has 0 atom stereocenters. The number of aryl methyl sites for hydroxylation is 1. The fourth-order valence-corrected chi connectivity index (χ4v) is 3.03. The van der Waals surface area contributed by atoms with E-state index >= 15 is 0 Å². The van der Waals surface area contributed by atoms with E-state index in [9.17, 15) is 9.90 Å². The van der Waals surface area contributed by atoms with Crippen LogP contribution in [0.1, 0.15) is 5.56 Å². The van der Waals surface area contributed by atoms with Crippen LogP contribution in [0.3, 0.4) is 0 Å². The van der Waals surface area contributed by atoms with Crippen molar-refractivity contribution in [3.8, 4) is 5.75 Å². The summed E-state index contributed by atoms with van der Waals surface area (Å²) in [6, 6.07) is 13.1. The summed E-state index contributed by atoms with van der Waals surface area (Å²) >= 11 is 12.2. The third-order valence-corrected chi connectivity index (χ3v) is 4.14. The van der Waals surface area contributed by atoms with Crippen LogP contribution in [0.5, 0.6) is 5.75 Å². The van der Waals surface area contributed by atoms with Gasteiger partial charge in [0.05, 0.1) is 5.69 Å². The monoisotopic (exact) mass is 360 g/mol. The summed E-state index contributed by atoms with van der Waals surface area (Å²) in [5.74, 6) is 0.0995. The number of halogens is 2. The number of hydrogen-bond acceptors (Lipinski definition) is 2. The predicted molar refractivity (Wildman–Crippen MR) is 99.5 cm³/mol. The summed E-state index contributed by atoms with van der Waals surface area (Å²) in [5.41, 5.74) is 1.96. The number of phenolic OH excluding ortho intramolecular Hbond substituents is 1. The fraction of sp³-hybridized carbons (Fsp3) is 0.0556. The molecule has 3 aromatic rings. The SMILES string of the molecule is Cc1cc(Cl)c2ccc(O)cc2c1NC(=O)Nc1cccc(Cl)c1. The Morgan fingerprint density at radius 3 is 2.54 bits per heavy atom.